The minimum Gasteiger partial charge on any atom is -0.326 e. The van der Waals surface area contributed by atoms with Gasteiger partial charge in [-0.2, -0.15) is 0 Å². The summed E-state index contributed by atoms with van der Waals surface area (Å²) >= 11 is 0. The molecule has 0 bridgehead atoms. The lowest BCUT2D eigenvalue weighted by molar-refractivity contribution is -0.114. The average Bonchev–Trinajstić information content (AvgIpc) is 2.53. The highest BCUT2D eigenvalue weighted by atomic mass is 32.2. The zero-order valence-electron chi connectivity index (χ0n) is 13.3. The topological polar surface area (TPSA) is 90.5 Å². The summed E-state index contributed by atoms with van der Waals surface area (Å²) in [5, 5.41) is 5.90. The van der Waals surface area contributed by atoms with Gasteiger partial charge in [0.05, 0.1) is 4.90 Å². The van der Waals surface area contributed by atoms with Crippen LogP contribution in [0.3, 0.4) is 0 Å². The molecule has 3 N–H and O–H groups in total. The van der Waals surface area contributed by atoms with E-state index in [0.717, 1.165) is 39.1 Å². The Bertz CT molecular complexity index is 610. The smallest absolute Gasteiger partial charge is 0.240 e. The summed E-state index contributed by atoms with van der Waals surface area (Å²) in [5.74, 6) is -0.188. The van der Waals surface area contributed by atoms with Gasteiger partial charge in [-0.15, -0.1) is 0 Å². The summed E-state index contributed by atoms with van der Waals surface area (Å²) in [6.45, 7) is 6.73. The number of amides is 1. The van der Waals surface area contributed by atoms with Crippen LogP contribution in [0.5, 0.6) is 0 Å². The predicted molar refractivity (Wildman–Crippen MR) is 89.9 cm³/mol. The van der Waals surface area contributed by atoms with Gasteiger partial charge in [0.15, 0.2) is 0 Å². The summed E-state index contributed by atoms with van der Waals surface area (Å²) in [4.78, 5) is 13.5. The van der Waals surface area contributed by atoms with Gasteiger partial charge in [-0.05, 0) is 37.2 Å². The van der Waals surface area contributed by atoms with Crippen molar-refractivity contribution in [1.82, 2.24) is 14.9 Å². The van der Waals surface area contributed by atoms with Gasteiger partial charge < -0.3 is 15.5 Å². The van der Waals surface area contributed by atoms with E-state index in [1.165, 1.54) is 19.1 Å². The molecule has 0 unspecified atom stereocenters. The Morgan fingerprint density at radius 2 is 1.87 bits per heavy atom. The molecule has 128 valence electrons. The van der Waals surface area contributed by atoms with Crippen molar-refractivity contribution < 1.29 is 13.2 Å². The molecule has 0 atom stereocenters. The van der Waals surface area contributed by atoms with E-state index in [9.17, 15) is 13.2 Å². The zero-order valence-corrected chi connectivity index (χ0v) is 14.2. The Kier molecular flexibility index (Phi) is 6.52. The van der Waals surface area contributed by atoms with E-state index in [0.29, 0.717) is 12.2 Å². The van der Waals surface area contributed by atoms with Crippen molar-refractivity contribution in [3.05, 3.63) is 24.3 Å². The molecular weight excluding hydrogens is 316 g/mol. The first-order chi connectivity index (χ1) is 11.0. The maximum Gasteiger partial charge on any atom is 0.240 e. The molecule has 0 aliphatic carbocycles. The van der Waals surface area contributed by atoms with Crippen LogP contribution in [0.4, 0.5) is 5.69 Å². The standard InChI is InChI=1S/C15H24N4O3S/c1-13(20)18-14-3-5-15(6-4-14)23(21,22)17-7-2-10-19-11-8-16-9-12-19/h3-6,16-17H,2,7-12H2,1H3,(H,18,20). The van der Waals surface area contributed by atoms with E-state index >= 15 is 0 Å². The first-order valence-electron chi connectivity index (χ1n) is 7.78. The summed E-state index contributed by atoms with van der Waals surface area (Å²) in [6, 6.07) is 6.14. The first-order valence-corrected chi connectivity index (χ1v) is 9.26. The second kappa shape index (κ2) is 8.39. The van der Waals surface area contributed by atoms with Gasteiger partial charge in [-0.25, -0.2) is 13.1 Å². The minimum atomic E-state index is -3.50. The van der Waals surface area contributed by atoms with Gasteiger partial charge in [0, 0.05) is 45.3 Å². The molecule has 1 aliphatic heterocycles. The van der Waals surface area contributed by atoms with Crippen LogP contribution in [0, 0.1) is 0 Å². The van der Waals surface area contributed by atoms with Gasteiger partial charge in [0.1, 0.15) is 0 Å². The van der Waals surface area contributed by atoms with Crippen LogP contribution < -0.4 is 15.4 Å². The molecule has 1 fully saturated rings. The summed E-state index contributed by atoms with van der Waals surface area (Å²) in [7, 11) is -3.50. The molecule has 1 saturated heterocycles. The van der Waals surface area contributed by atoms with E-state index in [1.54, 1.807) is 12.1 Å². The number of carbonyl (C=O) groups excluding carboxylic acids is 1. The molecular formula is C15H24N4O3S. The lowest BCUT2D eigenvalue weighted by atomic mass is 10.3. The minimum absolute atomic E-state index is 0.188. The van der Waals surface area contributed by atoms with Crippen molar-refractivity contribution in [3.63, 3.8) is 0 Å². The highest BCUT2D eigenvalue weighted by molar-refractivity contribution is 7.89. The van der Waals surface area contributed by atoms with Gasteiger partial charge in [0.25, 0.3) is 0 Å². The molecule has 1 heterocycles. The molecule has 23 heavy (non-hydrogen) atoms. The molecule has 0 spiro atoms. The third-order valence-electron chi connectivity index (χ3n) is 3.64. The van der Waals surface area contributed by atoms with Crippen LogP contribution in [0.15, 0.2) is 29.2 Å². The Hall–Kier alpha value is -1.48. The molecule has 7 nitrogen and oxygen atoms in total. The van der Waals surface area contributed by atoms with Crippen LogP contribution in [-0.2, 0) is 14.8 Å². The van der Waals surface area contributed by atoms with Crippen LogP contribution >= 0.6 is 0 Å². The van der Waals surface area contributed by atoms with E-state index in [4.69, 9.17) is 0 Å². The molecule has 1 aromatic carbocycles. The molecule has 0 radical (unpaired) electrons. The molecule has 1 amide bonds. The zero-order chi connectivity index (χ0) is 16.7. The molecule has 2 rings (SSSR count). The Morgan fingerprint density at radius 3 is 2.48 bits per heavy atom. The van der Waals surface area contributed by atoms with E-state index in [-0.39, 0.29) is 10.8 Å². The van der Waals surface area contributed by atoms with Gasteiger partial charge in [0.2, 0.25) is 15.9 Å². The quantitative estimate of drug-likeness (QED) is 0.618. The van der Waals surface area contributed by atoms with Crippen LogP contribution in [0.2, 0.25) is 0 Å². The third-order valence-corrected chi connectivity index (χ3v) is 5.11. The van der Waals surface area contributed by atoms with Crippen LogP contribution in [0.1, 0.15) is 13.3 Å². The lowest BCUT2D eigenvalue weighted by Crippen LogP contribution is -2.44. The van der Waals surface area contributed by atoms with Crippen LogP contribution in [-0.4, -0.2) is 58.5 Å². The number of sulfonamides is 1. The number of anilines is 1. The second-order valence-electron chi connectivity index (χ2n) is 5.55. The molecule has 1 aliphatic rings. The van der Waals surface area contributed by atoms with E-state index in [1.807, 2.05) is 0 Å². The summed E-state index contributed by atoms with van der Waals surface area (Å²) < 4.78 is 27.0. The summed E-state index contributed by atoms with van der Waals surface area (Å²) in [6.07, 6.45) is 0.781. The Labute approximate surface area is 137 Å². The maximum atomic E-state index is 12.2. The fourth-order valence-corrected chi connectivity index (χ4v) is 3.52. The number of nitrogens with one attached hydrogen (secondary N) is 3. The maximum absolute atomic E-state index is 12.2. The fourth-order valence-electron chi connectivity index (χ4n) is 2.45. The highest BCUT2D eigenvalue weighted by Gasteiger charge is 2.14. The van der Waals surface area contributed by atoms with Crippen molar-refractivity contribution in [2.45, 2.75) is 18.2 Å². The lowest BCUT2D eigenvalue weighted by Gasteiger charge is -2.27. The van der Waals surface area contributed by atoms with Crippen molar-refractivity contribution in [2.75, 3.05) is 44.6 Å². The molecule has 1 aromatic rings. The fraction of sp³-hybridized carbons (Fsp3) is 0.533. The van der Waals surface area contributed by atoms with Crippen molar-refractivity contribution in [1.29, 1.82) is 0 Å². The third kappa shape index (κ3) is 5.91. The van der Waals surface area contributed by atoms with Gasteiger partial charge in [-0.1, -0.05) is 0 Å². The number of rotatable bonds is 7. The first kappa shape index (κ1) is 17.9. The number of piperazine rings is 1. The van der Waals surface area contributed by atoms with Crippen molar-refractivity contribution in [3.8, 4) is 0 Å². The number of hydrogen-bond donors (Lipinski definition) is 3. The SMILES string of the molecule is CC(=O)Nc1ccc(S(=O)(=O)NCCCN2CCNCC2)cc1. The molecule has 8 heteroatoms. The predicted octanol–water partition coefficient (Wildman–Crippen LogP) is 0.219. The monoisotopic (exact) mass is 340 g/mol. The molecule has 0 aromatic heterocycles. The normalized spacial score (nSPS) is 16.2. The highest BCUT2D eigenvalue weighted by Crippen LogP contribution is 2.13. The van der Waals surface area contributed by atoms with Crippen LogP contribution in [0.25, 0.3) is 0 Å². The molecule has 0 saturated carbocycles. The Morgan fingerprint density at radius 1 is 1.22 bits per heavy atom. The largest absolute Gasteiger partial charge is 0.326 e. The Balaban J connectivity index is 1.80. The van der Waals surface area contributed by atoms with Gasteiger partial charge >= 0.3 is 0 Å². The number of benzene rings is 1. The second-order valence-corrected chi connectivity index (χ2v) is 7.32. The number of nitrogens with zero attached hydrogens (tertiary/aromatic N) is 1. The number of hydrogen-bond acceptors (Lipinski definition) is 5. The van der Waals surface area contributed by atoms with Crippen molar-refractivity contribution >= 4 is 21.6 Å². The van der Waals surface area contributed by atoms with E-state index < -0.39 is 10.0 Å². The van der Waals surface area contributed by atoms with Gasteiger partial charge in [-0.3, -0.25) is 4.79 Å². The van der Waals surface area contributed by atoms with E-state index in [2.05, 4.69) is 20.3 Å². The summed E-state index contributed by atoms with van der Waals surface area (Å²) in [5.41, 5.74) is 0.579. The average molecular weight is 340 g/mol. The number of carbonyl (C=O) groups is 1. The van der Waals surface area contributed by atoms with Crippen molar-refractivity contribution in [2.24, 2.45) is 0 Å².